The molecule has 1 aromatic carbocycles. The smallest absolute Gasteiger partial charge is 0.293 e. The number of carbonyl (C=O) groups is 2. The van der Waals surface area contributed by atoms with Crippen molar-refractivity contribution in [3.05, 3.63) is 33.9 Å². The van der Waals surface area contributed by atoms with Gasteiger partial charge in [0.15, 0.2) is 0 Å². The summed E-state index contributed by atoms with van der Waals surface area (Å²) in [5.74, 6) is -0.404. The monoisotopic (exact) mass is 283 g/mol. The number of rotatable bonds is 5. The first-order chi connectivity index (χ1) is 9.47. The number of nitrogens with one attached hydrogen (secondary N) is 1. The normalized spacial score (nSPS) is 8.90. The molecule has 0 radical (unpaired) electrons. The minimum atomic E-state index is -0.567. The summed E-state index contributed by atoms with van der Waals surface area (Å²) in [7, 11) is 0. The molecule has 0 aliphatic heterocycles. The molecule has 0 aliphatic carbocycles. The zero-order valence-electron chi connectivity index (χ0n) is 11.3. The number of carbonyl (C=O) groups excluding carboxylic acids is 2. The molecule has 8 heteroatoms. The Morgan fingerprint density at radius 2 is 2.15 bits per heavy atom. The van der Waals surface area contributed by atoms with Crippen molar-refractivity contribution >= 4 is 23.8 Å². The lowest BCUT2D eigenvalue weighted by molar-refractivity contribution is -0.384. The van der Waals surface area contributed by atoms with E-state index < -0.39 is 10.8 Å². The second-order valence-corrected chi connectivity index (χ2v) is 3.44. The zero-order valence-corrected chi connectivity index (χ0v) is 11.3. The minimum absolute atomic E-state index is 0.131. The molecule has 0 heterocycles. The molecule has 1 aromatic rings. The Morgan fingerprint density at radius 1 is 1.50 bits per heavy atom. The van der Waals surface area contributed by atoms with Crippen molar-refractivity contribution in [1.82, 2.24) is 5.32 Å². The largest absolute Gasteiger partial charge is 0.468 e. The lowest BCUT2D eigenvalue weighted by Gasteiger charge is -2.04. The Kier molecular flexibility index (Phi) is 8.08. The van der Waals surface area contributed by atoms with Gasteiger partial charge in [-0.3, -0.25) is 19.7 Å². The van der Waals surface area contributed by atoms with Crippen molar-refractivity contribution < 1.29 is 19.2 Å². The van der Waals surface area contributed by atoms with Crippen LogP contribution in [0.25, 0.3) is 0 Å². The number of nitrogens with two attached hydrogens (primary N) is 1. The van der Waals surface area contributed by atoms with Crippen molar-refractivity contribution in [1.29, 1.82) is 0 Å². The number of nitro groups is 1. The third kappa shape index (κ3) is 5.80. The average molecular weight is 283 g/mol. The molecule has 20 heavy (non-hydrogen) atoms. The maximum Gasteiger partial charge on any atom is 0.293 e. The van der Waals surface area contributed by atoms with Gasteiger partial charge < -0.3 is 15.8 Å². The Bertz CT molecular complexity index is 476. The number of nitro benzene ring substituents is 1. The Labute approximate surface area is 116 Å². The predicted molar refractivity (Wildman–Crippen MR) is 73.2 cm³/mol. The topological polar surface area (TPSA) is 125 Å². The molecule has 1 amide bonds. The van der Waals surface area contributed by atoms with E-state index in [1.807, 2.05) is 0 Å². The third-order valence-electron chi connectivity index (χ3n) is 2.06. The summed E-state index contributed by atoms with van der Waals surface area (Å²) in [4.78, 5) is 30.5. The number of non-ortho nitro benzene ring substituents is 1. The van der Waals surface area contributed by atoms with Gasteiger partial charge in [-0.1, -0.05) is 0 Å². The van der Waals surface area contributed by atoms with Crippen LogP contribution in [0.2, 0.25) is 0 Å². The van der Waals surface area contributed by atoms with Crippen molar-refractivity contribution in [2.45, 2.75) is 13.8 Å². The molecule has 110 valence electrons. The SMILES string of the molecule is CCNC(=O)c1cc([N+](=O)[O-])ccc1N.CCOC=O. The number of benzene rings is 1. The number of anilines is 1. The Morgan fingerprint density at radius 3 is 2.55 bits per heavy atom. The molecule has 0 aliphatic rings. The van der Waals surface area contributed by atoms with E-state index in [9.17, 15) is 19.7 Å². The molecule has 0 aromatic heterocycles. The van der Waals surface area contributed by atoms with Gasteiger partial charge in [0.05, 0.1) is 17.1 Å². The first-order valence-corrected chi connectivity index (χ1v) is 5.85. The molecule has 0 unspecified atom stereocenters. The highest BCUT2D eigenvalue weighted by Crippen LogP contribution is 2.19. The minimum Gasteiger partial charge on any atom is -0.468 e. The number of nitrogens with zero attached hydrogens (tertiary/aromatic N) is 1. The van der Waals surface area contributed by atoms with Crippen LogP contribution in [0.4, 0.5) is 11.4 Å². The van der Waals surface area contributed by atoms with E-state index in [1.165, 1.54) is 18.2 Å². The molecule has 0 saturated heterocycles. The van der Waals surface area contributed by atoms with Crippen molar-refractivity contribution in [3.8, 4) is 0 Å². The standard InChI is InChI=1S/C9H11N3O3.C3H6O2/c1-2-11-9(13)7-5-6(12(14)15)3-4-8(7)10;1-2-5-3-4/h3-5H,2,10H2,1H3,(H,11,13);3H,2H2,1H3. The van der Waals surface area contributed by atoms with Crippen LogP contribution in [0.1, 0.15) is 24.2 Å². The van der Waals surface area contributed by atoms with E-state index >= 15 is 0 Å². The number of hydrogen-bond donors (Lipinski definition) is 2. The summed E-state index contributed by atoms with van der Waals surface area (Å²) in [5, 5.41) is 13.0. The van der Waals surface area contributed by atoms with Gasteiger partial charge in [0.25, 0.3) is 18.1 Å². The first kappa shape index (κ1) is 17.4. The van der Waals surface area contributed by atoms with Crippen LogP contribution >= 0.6 is 0 Å². The van der Waals surface area contributed by atoms with Gasteiger partial charge in [-0.15, -0.1) is 0 Å². The summed E-state index contributed by atoms with van der Waals surface area (Å²) in [6.07, 6.45) is 0. The Balaban J connectivity index is 0.000000621. The van der Waals surface area contributed by atoms with Gasteiger partial charge >= 0.3 is 0 Å². The highest BCUT2D eigenvalue weighted by Gasteiger charge is 2.14. The van der Waals surface area contributed by atoms with E-state index in [2.05, 4.69) is 10.1 Å². The third-order valence-corrected chi connectivity index (χ3v) is 2.06. The van der Waals surface area contributed by atoms with Crippen LogP contribution in [0.15, 0.2) is 18.2 Å². The predicted octanol–water partition coefficient (Wildman–Crippen LogP) is 1.11. The quantitative estimate of drug-likeness (QED) is 0.361. The molecule has 8 nitrogen and oxygen atoms in total. The summed E-state index contributed by atoms with van der Waals surface area (Å²) < 4.78 is 4.15. The molecule has 0 bridgehead atoms. The molecule has 0 spiro atoms. The van der Waals surface area contributed by atoms with Crippen LogP contribution in [0.3, 0.4) is 0 Å². The Hall–Kier alpha value is -2.64. The van der Waals surface area contributed by atoms with Crippen LogP contribution in [0, 0.1) is 10.1 Å². The van der Waals surface area contributed by atoms with Gasteiger partial charge in [-0.2, -0.15) is 0 Å². The van der Waals surface area contributed by atoms with Crippen LogP contribution in [-0.2, 0) is 9.53 Å². The number of amides is 1. The van der Waals surface area contributed by atoms with Crippen molar-refractivity contribution in [2.24, 2.45) is 0 Å². The summed E-state index contributed by atoms with van der Waals surface area (Å²) in [6, 6.07) is 3.78. The average Bonchev–Trinajstić information content (AvgIpc) is 2.40. The van der Waals surface area contributed by atoms with E-state index in [0.29, 0.717) is 19.6 Å². The lowest BCUT2D eigenvalue weighted by Crippen LogP contribution is -2.23. The molecule has 3 N–H and O–H groups in total. The van der Waals surface area contributed by atoms with E-state index in [1.54, 1.807) is 13.8 Å². The van der Waals surface area contributed by atoms with Gasteiger partial charge in [-0.05, 0) is 19.9 Å². The summed E-state index contributed by atoms with van der Waals surface area (Å²) in [6.45, 7) is 4.87. The first-order valence-electron chi connectivity index (χ1n) is 5.85. The summed E-state index contributed by atoms with van der Waals surface area (Å²) >= 11 is 0. The molecule has 0 fully saturated rings. The van der Waals surface area contributed by atoms with Crippen LogP contribution < -0.4 is 11.1 Å². The number of hydrogen-bond acceptors (Lipinski definition) is 6. The van der Waals surface area contributed by atoms with Gasteiger partial charge in [0.2, 0.25) is 0 Å². The molecular formula is C12H17N3O5. The van der Waals surface area contributed by atoms with Crippen molar-refractivity contribution in [2.75, 3.05) is 18.9 Å². The number of ether oxygens (including phenoxy) is 1. The second-order valence-electron chi connectivity index (χ2n) is 3.44. The van der Waals surface area contributed by atoms with E-state index in [-0.39, 0.29) is 16.9 Å². The molecular weight excluding hydrogens is 266 g/mol. The maximum absolute atomic E-state index is 11.4. The van der Waals surface area contributed by atoms with E-state index in [0.717, 1.165) is 0 Å². The maximum atomic E-state index is 11.4. The second kappa shape index (κ2) is 9.31. The molecule has 1 rings (SSSR count). The van der Waals surface area contributed by atoms with Crippen LogP contribution in [0.5, 0.6) is 0 Å². The lowest BCUT2D eigenvalue weighted by atomic mass is 10.1. The fourth-order valence-corrected chi connectivity index (χ4v) is 1.18. The van der Waals surface area contributed by atoms with Crippen molar-refractivity contribution in [3.63, 3.8) is 0 Å². The highest BCUT2D eigenvalue weighted by molar-refractivity contribution is 5.99. The fraction of sp³-hybridized carbons (Fsp3) is 0.333. The van der Waals surface area contributed by atoms with Gasteiger partial charge in [0.1, 0.15) is 0 Å². The molecule has 0 atom stereocenters. The zero-order chi connectivity index (χ0) is 15.5. The molecule has 0 saturated carbocycles. The van der Waals surface area contributed by atoms with E-state index in [4.69, 9.17) is 5.73 Å². The fourth-order valence-electron chi connectivity index (χ4n) is 1.18. The highest BCUT2D eigenvalue weighted by atomic mass is 16.6. The van der Waals surface area contributed by atoms with Crippen LogP contribution in [-0.4, -0.2) is 30.5 Å². The number of nitrogen functional groups attached to an aromatic ring is 1. The van der Waals surface area contributed by atoms with Gasteiger partial charge in [-0.25, -0.2) is 0 Å². The van der Waals surface area contributed by atoms with Gasteiger partial charge in [0, 0.05) is 24.4 Å². The summed E-state index contributed by atoms with van der Waals surface area (Å²) in [5.41, 5.74) is 5.75.